The molecule has 0 radical (unpaired) electrons. The standard InChI is InChI=1S/C32H28N6O5S/c1-36-31-24(17-27(44-31)28(39)33-18-20-7-6-10-23(15-20)43-2)30(41)38(32(36)42)14-13-37(22-8-4-3-5-9-22)29(40)21-11-12-25-26(16-21)35-19-34-25/h3-12,15-17,19H,13-14,18H2,1-2H3,(H,33,39)(H,34,35). The number of fused-ring (bicyclic) bond motifs is 2. The van der Waals surface area contributed by atoms with Crippen LogP contribution >= 0.6 is 11.3 Å². The number of anilines is 1. The Balaban J connectivity index is 1.27. The number of hydrogen-bond acceptors (Lipinski definition) is 7. The van der Waals surface area contributed by atoms with Gasteiger partial charge < -0.3 is 19.9 Å². The van der Waals surface area contributed by atoms with Crippen LogP contribution in [0.2, 0.25) is 0 Å². The summed E-state index contributed by atoms with van der Waals surface area (Å²) in [6.07, 6.45) is 1.56. The van der Waals surface area contributed by atoms with E-state index in [1.54, 1.807) is 50.8 Å². The van der Waals surface area contributed by atoms with Crippen molar-refractivity contribution >= 4 is 50.1 Å². The molecule has 12 heteroatoms. The van der Waals surface area contributed by atoms with Gasteiger partial charge in [-0.3, -0.25) is 23.5 Å². The van der Waals surface area contributed by atoms with Crippen molar-refractivity contribution in [1.29, 1.82) is 0 Å². The average molecular weight is 609 g/mol. The first-order valence-corrected chi connectivity index (χ1v) is 14.6. The number of hydrogen-bond donors (Lipinski definition) is 2. The Hall–Kier alpha value is -5.49. The summed E-state index contributed by atoms with van der Waals surface area (Å²) in [7, 11) is 3.14. The Bertz CT molecular complexity index is 2130. The van der Waals surface area contributed by atoms with E-state index < -0.39 is 11.2 Å². The Morgan fingerprint density at radius 1 is 1.02 bits per heavy atom. The lowest BCUT2D eigenvalue weighted by atomic mass is 10.1. The first kappa shape index (κ1) is 28.6. The van der Waals surface area contributed by atoms with Crippen LogP contribution in [0.1, 0.15) is 25.6 Å². The zero-order chi connectivity index (χ0) is 30.8. The first-order chi connectivity index (χ1) is 21.3. The minimum absolute atomic E-state index is 0.0556. The van der Waals surface area contributed by atoms with Gasteiger partial charge in [-0.25, -0.2) is 9.78 Å². The fourth-order valence-electron chi connectivity index (χ4n) is 5.02. The highest BCUT2D eigenvalue weighted by Gasteiger charge is 2.22. The topological polar surface area (TPSA) is 131 Å². The molecule has 0 aliphatic rings. The normalized spacial score (nSPS) is 11.1. The second-order valence-electron chi connectivity index (χ2n) is 10.1. The Morgan fingerprint density at radius 2 is 1.84 bits per heavy atom. The molecule has 0 unspecified atom stereocenters. The quantitative estimate of drug-likeness (QED) is 0.256. The lowest BCUT2D eigenvalue weighted by Gasteiger charge is -2.23. The highest BCUT2D eigenvalue weighted by molar-refractivity contribution is 7.20. The number of carbonyl (C=O) groups excluding carboxylic acids is 2. The van der Waals surface area contributed by atoms with Crippen LogP contribution in [0.3, 0.4) is 0 Å². The third-order valence-corrected chi connectivity index (χ3v) is 8.56. The number of thiophene rings is 1. The summed E-state index contributed by atoms with van der Waals surface area (Å²) < 4.78 is 7.70. The van der Waals surface area contributed by atoms with E-state index in [1.165, 1.54) is 15.5 Å². The molecule has 11 nitrogen and oxygen atoms in total. The number of benzene rings is 3. The Kier molecular flexibility index (Phi) is 7.82. The van der Waals surface area contributed by atoms with Gasteiger partial charge in [0.05, 0.1) is 34.7 Å². The van der Waals surface area contributed by atoms with Crippen molar-refractivity contribution in [2.24, 2.45) is 7.05 Å². The van der Waals surface area contributed by atoms with E-state index >= 15 is 0 Å². The number of ether oxygens (including phenoxy) is 1. The molecular formula is C32H28N6O5S. The van der Waals surface area contributed by atoms with Crippen LogP contribution in [-0.2, 0) is 20.1 Å². The summed E-state index contributed by atoms with van der Waals surface area (Å²) in [5.41, 5.74) is 2.30. The summed E-state index contributed by atoms with van der Waals surface area (Å²) in [5.74, 6) is 0.0279. The number of imidazole rings is 1. The molecule has 0 atom stereocenters. The first-order valence-electron chi connectivity index (χ1n) is 13.8. The number of nitrogens with zero attached hydrogens (tertiary/aromatic N) is 4. The summed E-state index contributed by atoms with van der Waals surface area (Å²) in [6.45, 7) is 0.268. The van der Waals surface area contributed by atoms with E-state index in [0.717, 1.165) is 27.0 Å². The zero-order valence-electron chi connectivity index (χ0n) is 23.9. The predicted molar refractivity (Wildman–Crippen MR) is 170 cm³/mol. The Labute approximate surface area is 255 Å². The van der Waals surface area contributed by atoms with E-state index in [9.17, 15) is 19.2 Å². The van der Waals surface area contributed by atoms with Crippen LogP contribution in [-0.4, -0.2) is 44.6 Å². The predicted octanol–water partition coefficient (Wildman–Crippen LogP) is 3.92. The van der Waals surface area contributed by atoms with Crippen LogP contribution in [0.15, 0.2) is 94.8 Å². The van der Waals surface area contributed by atoms with Crippen molar-refractivity contribution in [2.75, 3.05) is 18.6 Å². The third kappa shape index (κ3) is 5.50. The van der Waals surface area contributed by atoms with Crippen molar-refractivity contribution in [2.45, 2.75) is 13.1 Å². The van der Waals surface area contributed by atoms with Gasteiger partial charge in [-0.1, -0.05) is 30.3 Å². The van der Waals surface area contributed by atoms with Gasteiger partial charge in [0.15, 0.2) is 0 Å². The molecule has 222 valence electrons. The Morgan fingerprint density at radius 3 is 2.64 bits per heavy atom. The van der Waals surface area contributed by atoms with Gasteiger partial charge in [-0.05, 0) is 54.1 Å². The van der Waals surface area contributed by atoms with Crippen LogP contribution < -0.4 is 26.2 Å². The monoisotopic (exact) mass is 608 g/mol. The number of nitrogens with one attached hydrogen (secondary N) is 2. The highest BCUT2D eigenvalue weighted by Crippen LogP contribution is 2.23. The molecule has 0 saturated heterocycles. The molecule has 0 aliphatic heterocycles. The molecule has 44 heavy (non-hydrogen) atoms. The second kappa shape index (κ2) is 12.0. The average Bonchev–Trinajstić information content (AvgIpc) is 3.72. The van der Waals surface area contributed by atoms with Crippen molar-refractivity contribution in [3.63, 3.8) is 0 Å². The van der Waals surface area contributed by atoms with Crippen molar-refractivity contribution in [3.8, 4) is 5.75 Å². The largest absolute Gasteiger partial charge is 0.497 e. The molecule has 2 amide bonds. The molecule has 0 fully saturated rings. The van der Waals surface area contributed by atoms with Crippen LogP contribution in [0.4, 0.5) is 5.69 Å². The number of H-pyrrole nitrogens is 1. The number of carbonyl (C=O) groups is 2. The minimum Gasteiger partial charge on any atom is -0.497 e. The maximum Gasteiger partial charge on any atom is 0.331 e. The van der Waals surface area contributed by atoms with Crippen LogP contribution in [0.25, 0.3) is 21.3 Å². The number of aromatic nitrogens is 4. The molecule has 0 bridgehead atoms. The van der Waals surface area contributed by atoms with E-state index in [2.05, 4.69) is 15.3 Å². The van der Waals surface area contributed by atoms with Crippen LogP contribution in [0.5, 0.6) is 5.75 Å². The van der Waals surface area contributed by atoms with Gasteiger partial charge in [-0.2, -0.15) is 0 Å². The molecular weight excluding hydrogens is 580 g/mol. The fraction of sp³-hybridized carbons (Fsp3) is 0.156. The smallest absolute Gasteiger partial charge is 0.331 e. The maximum absolute atomic E-state index is 13.7. The number of aromatic amines is 1. The van der Waals surface area contributed by atoms with Gasteiger partial charge in [0, 0.05) is 37.9 Å². The van der Waals surface area contributed by atoms with Gasteiger partial charge >= 0.3 is 5.69 Å². The number of methoxy groups -OCH3 is 1. The molecule has 0 aliphatic carbocycles. The number of amides is 2. The van der Waals surface area contributed by atoms with Crippen molar-refractivity contribution < 1.29 is 14.3 Å². The number of rotatable bonds is 9. The lowest BCUT2D eigenvalue weighted by molar-refractivity contribution is 0.0953. The van der Waals surface area contributed by atoms with Crippen LogP contribution in [0, 0.1) is 0 Å². The number of aryl methyl sites for hydroxylation is 1. The lowest BCUT2D eigenvalue weighted by Crippen LogP contribution is -2.43. The molecule has 3 heterocycles. The van der Waals surface area contributed by atoms with E-state index in [1.807, 2.05) is 42.5 Å². The highest BCUT2D eigenvalue weighted by atomic mass is 32.1. The third-order valence-electron chi connectivity index (χ3n) is 7.35. The van der Waals surface area contributed by atoms with Gasteiger partial charge in [-0.15, -0.1) is 11.3 Å². The van der Waals surface area contributed by atoms with E-state index in [0.29, 0.717) is 32.2 Å². The molecule has 2 N–H and O–H groups in total. The molecule has 3 aromatic heterocycles. The summed E-state index contributed by atoms with van der Waals surface area (Å²) in [6, 6.07) is 23.1. The minimum atomic E-state index is -0.536. The molecule has 6 aromatic rings. The second-order valence-corrected chi connectivity index (χ2v) is 11.1. The van der Waals surface area contributed by atoms with Gasteiger partial charge in [0.2, 0.25) is 0 Å². The molecule has 3 aromatic carbocycles. The molecule has 6 rings (SSSR count). The summed E-state index contributed by atoms with van der Waals surface area (Å²) in [5, 5.41) is 3.12. The fourth-order valence-corrected chi connectivity index (χ4v) is 6.04. The summed E-state index contributed by atoms with van der Waals surface area (Å²) >= 11 is 1.08. The van der Waals surface area contributed by atoms with E-state index in [-0.39, 0.29) is 36.8 Å². The van der Waals surface area contributed by atoms with Gasteiger partial charge in [0.1, 0.15) is 10.6 Å². The molecule has 0 spiro atoms. The van der Waals surface area contributed by atoms with Crippen molar-refractivity contribution in [1.82, 2.24) is 24.4 Å². The maximum atomic E-state index is 13.7. The zero-order valence-corrected chi connectivity index (χ0v) is 24.8. The molecule has 0 saturated carbocycles. The number of para-hydroxylation sites is 1. The SMILES string of the molecule is COc1cccc(CNC(=O)c2cc3c(=O)n(CCN(C(=O)c4ccc5[nH]cnc5c4)c4ccccc4)c(=O)n(C)c3s2)c1. The van der Waals surface area contributed by atoms with Crippen molar-refractivity contribution in [3.05, 3.63) is 122 Å². The van der Waals surface area contributed by atoms with E-state index in [4.69, 9.17) is 4.74 Å². The van der Waals surface area contributed by atoms with Gasteiger partial charge in [0.25, 0.3) is 17.4 Å². The summed E-state index contributed by atoms with van der Waals surface area (Å²) in [4.78, 5) is 63.2.